The van der Waals surface area contributed by atoms with E-state index in [0.29, 0.717) is 6.54 Å². The van der Waals surface area contributed by atoms with Crippen LogP contribution < -0.4 is 15.8 Å². The molecule has 0 unspecified atom stereocenters. The molecule has 0 saturated heterocycles. The lowest BCUT2D eigenvalue weighted by Crippen LogP contribution is -2.03. The predicted molar refractivity (Wildman–Crippen MR) is 86.6 cm³/mol. The molecule has 0 bridgehead atoms. The van der Waals surface area contributed by atoms with Crippen LogP contribution in [0.2, 0.25) is 0 Å². The van der Waals surface area contributed by atoms with Crippen LogP contribution in [0.1, 0.15) is 5.56 Å². The van der Waals surface area contributed by atoms with Gasteiger partial charge < -0.3 is 15.8 Å². The first kappa shape index (κ1) is 14.2. The maximum atomic E-state index is 5.92. The molecule has 0 amide bonds. The SMILES string of the molecule is COc1cc(NCc2ccccc2N)c(Br)cc1Br. The molecule has 0 saturated carbocycles. The Bertz CT molecular complexity index is 588. The highest BCUT2D eigenvalue weighted by molar-refractivity contribution is 9.11. The first-order chi connectivity index (χ1) is 9.11. The van der Waals surface area contributed by atoms with Gasteiger partial charge in [-0.05, 0) is 49.6 Å². The monoisotopic (exact) mass is 384 g/mol. The van der Waals surface area contributed by atoms with Crippen molar-refractivity contribution in [2.75, 3.05) is 18.2 Å². The number of anilines is 2. The van der Waals surface area contributed by atoms with Gasteiger partial charge >= 0.3 is 0 Å². The Morgan fingerprint density at radius 1 is 1.16 bits per heavy atom. The van der Waals surface area contributed by atoms with Gasteiger partial charge in [-0.2, -0.15) is 0 Å². The number of hydrogen-bond acceptors (Lipinski definition) is 3. The summed E-state index contributed by atoms with van der Waals surface area (Å²) in [5.74, 6) is 0.784. The number of hydrogen-bond donors (Lipinski definition) is 2. The van der Waals surface area contributed by atoms with Gasteiger partial charge in [-0.15, -0.1) is 0 Å². The van der Waals surface area contributed by atoms with E-state index < -0.39 is 0 Å². The molecule has 3 nitrogen and oxygen atoms in total. The molecule has 3 N–H and O–H groups in total. The Morgan fingerprint density at radius 2 is 1.89 bits per heavy atom. The Kier molecular flexibility index (Phi) is 4.71. The van der Waals surface area contributed by atoms with Crippen LogP contribution in [0.15, 0.2) is 45.3 Å². The van der Waals surface area contributed by atoms with Crippen LogP contribution in [-0.4, -0.2) is 7.11 Å². The van der Waals surface area contributed by atoms with Gasteiger partial charge in [-0.1, -0.05) is 18.2 Å². The molecule has 0 atom stereocenters. The Morgan fingerprint density at radius 3 is 2.58 bits per heavy atom. The number of nitrogens with one attached hydrogen (secondary N) is 1. The van der Waals surface area contributed by atoms with Crippen molar-refractivity contribution >= 4 is 43.2 Å². The first-order valence-corrected chi connectivity index (χ1v) is 7.30. The molecule has 5 heteroatoms. The van der Waals surface area contributed by atoms with Gasteiger partial charge in [0.05, 0.1) is 17.3 Å². The van der Waals surface area contributed by atoms with E-state index in [0.717, 1.165) is 31.6 Å². The summed E-state index contributed by atoms with van der Waals surface area (Å²) in [6.45, 7) is 0.663. The van der Waals surface area contributed by atoms with Crippen molar-refractivity contribution < 1.29 is 4.74 Å². The highest BCUT2D eigenvalue weighted by Crippen LogP contribution is 2.34. The summed E-state index contributed by atoms with van der Waals surface area (Å²) in [6.07, 6.45) is 0. The molecule has 2 aromatic carbocycles. The van der Waals surface area contributed by atoms with Crippen molar-refractivity contribution in [2.24, 2.45) is 0 Å². The minimum absolute atomic E-state index is 0.663. The second kappa shape index (κ2) is 6.30. The average Bonchev–Trinajstić information content (AvgIpc) is 2.39. The molecule has 2 aromatic rings. The van der Waals surface area contributed by atoms with Crippen LogP contribution in [0.3, 0.4) is 0 Å². The number of benzene rings is 2. The number of nitrogens with two attached hydrogens (primary N) is 1. The van der Waals surface area contributed by atoms with Crippen LogP contribution in [0.25, 0.3) is 0 Å². The number of methoxy groups -OCH3 is 1. The summed E-state index contributed by atoms with van der Waals surface area (Å²) in [7, 11) is 1.65. The summed E-state index contributed by atoms with van der Waals surface area (Å²) in [5.41, 5.74) is 8.73. The van der Waals surface area contributed by atoms with Gasteiger partial charge in [-0.3, -0.25) is 0 Å². The highest BCUT2D eigenvalue weighted by atomic mass is 79.9. The zero-order valence-corrected chi connectivity index (χ0v) is 13.6. The van der Waals surface area contributed by atoms with Gasteiger partial charge in [0.25, 0.3) is 0 Å². The number of rotatable bonds is 4. The van der Waals surface area contributed by atoms with Crippen LogP contribution in [0.4, 0.5) is 11.4 Å². The molecule has 0 aromatic heterocycles. The molecule has 19 heavy (non-hydrogen) atoms. The second-order valence-electron chi connectivity index (χ2n) is 4.02. The van der Waals surface area contributed by atoms with E-state index >= 15 is 0 Å². The zero-order chi connectivity index (χ0) is 13.8. The molecule has 100 valence electrons. The summed E-state index contributed by atoms with van der Waals surface area (Å²) >= 11 is 6.97. The summed E-state index contributed by atoms with van der Waals surface area (Å²) < 4.78 is 7.16. The fourth-order valence-electron chi connectivity index (χ4n) is 1.71. The molecule has 0 fully saturated rings. The minimum Gasteiger partial charge on any atom is -0.495 e. The van der Waals surface area contributed by atoms with Crippen LogP contribution >= 0.6 is 31.9 Å². The van der Waals surface area contributed by atoms with E-state index in [-0.39, 0.29) is 0 Å². The molecule has 2 rings (SSSR count). The largest absolute Gasteiger partial charge is 0.495 e. The fraction of sp³-hybridized carbons (Fsp3) is 0.143. The Hall–Kier alpha value is -1.20. The third kappa shape index (κ3) is 3.42. The van der Waals surface area contributed by atoms with Crippen molar-refractivity contribution in [1.29, 1.82) is 0 Å². The van der Waals surface area contributed by atoms with E-state index in [4.69, 9.17) is 10.5 Å². The van der Waals surface area contributed by atoms with Crippen molar-refractivity contribution in [2.45, 2.75) is 6.54 Å². The predicted octanol–water partition coefficient (Wildman–Crippen LogP) is 4.41. The fourth-order valence-corrected chi connectivity index (χ4v) is 3.00. The van der Waals surface area contributed by atoms with Crippen LogP contribution in [0.5, 0.6) is 5.75 Å². The highest BCUT2D eigenvalue weighted by Gasteiger charge is 2.07. The Labute approximate surface area is 129 Å². The maximum Gasteiger partial charge on any atom is 0.135 e. The van der Waals surface area contributed by atoms with Gasteiger partial charge in [0.2, 0.25) is 0 Å². The normalized spacial score (nSPS) is 10.3. The standard InChI is InChI=1S/C14H14Br2N2O/c1-19-14-7-13(10(15)6-11(14)16)18-8-9-4-2-3-5-12(9)17/h2-7,18H,8,17H2,1H3. The number of halogens is 2. The molecule has 0 radical (unpaired) electrons. The third-order valence-corrected chi connectivity index (χ3v) is 4.04. The lowest BCUT2D eigenvalue weighted by Gasteiger charge is -2.13. The Balaban J connectivity index is 2.18. The van der Waals surface area contributed by atoms with E-state index in [1.54, 1.807) is 7.11 Å². The van der Waals surface area contributed by atoms with E-state index in [1.165, 1.54) is 0 Å². The van der Waals surface area contributed by atoms with Crippen LogP contribution in [-0.2, 0) is 6.54 Å². The van der Waals surface area contributed by atoms with Crippen molar-refractivity contribution in [3.63, 3.8) is 0 Å². The summed E-state index contributed by atoms with van der Waals surface area (Å²) in [6, 6.07) is 11.7. The quantitative estimate of drug-likeness (QED) is 0.766. The van der Waals surface area contributed by atoms with Crippen molar-refractivity contribution in [3.05, 3.63) is 50.9 Å². The zero-order valence-electron chi connectivity index (χ0n) is 10.4. The number of ether oxygens (including phenoxy) is 1. The number of nitrogen functional groups attached to an aromatic ring is 1. The van der Waals surface area contributed by atoms with Gasteiger partial charge in [-0.25, -0.2) is 0 Å². The van der Waals surface area contributed by atoms with Crippen molar-refractivity contribution in [1.82, 2.24) is 0 Å². The van der Waals surface area contributed by atoms with E-state index in [1.807, 2.05) is 36.4 Å². The van der Waals surface area contributed by atoms with Crippen LogP contribution in [0, 0.1) is 0 Å². The van der Waals surface area contributed by atoms with Crippen molar-refractivity contribution in [3.8, 4) is 5.75 Å². The second-order valence-corrected chi connectivity index (χ2v) is 5.73. The molecule has 0 aliphatic rings. The number of para-hydroxylation sites is 1. The van der Waals surface area contributed by atoms with E-state index in [9.17, 15) is 0 Å². The lowest BCUT2D eigenvalue weighted by molar-refractivity contribution is 0.412. The van der Waals surface area contributed by atoms with E-state index in [2.05, 4.69) is 37.2 Å². The molecule has 0 aliphatic carbocycles. The molecule has 0 spiro atoms. The maximum absolute atomic E-state index is 5.92. The topological polar surface area (TPSA) is 47.3 Å². The smallest absolute Gasteiger partial charge is 0.135 e. The molecular formula is C14H14Br2N2O. The molecule has 0 heterocycles. The van der Waals surface area contributed by atoms with Gasteiger partial charge in [0, 0.05) is 22.8 Å². The molecule has 0 aliphatic heterocycles. The molecular weight excluding hydrogens is 372 g/mol. The summed E-state index contributed by atoms with van der Waals surface area (Å²) in [4.78, 5) is 0. The minimum atomic E-state index is 0.663. The lowest BCUT2D eigenvalue weighted by atomic mass is 10.2. The van der Waals surface area contributed by atoms with Gasteiger partial charge in [0.1, 0.15) is 5.75 Å². The average molecular weight is 386 g/mol. The third-order valence-electron chi connectivity index (χ3n) is 2.77. The first-order valence-electron chi connectivity index (χ1n) is 5.72. The van der Waals surface area contributed by atoms with Gasteiger partial charge in [0.15, 0.2) is 0 Å². The summed E-state index contributed by atoms with van der Waals surface area (Å²) in [5, 5.41) is 3.34.